The van der Waals surface area contributed by atoms with E-state index in [1.165, 1.54) is 0 Å². The van der Waals surface area contributed by atoms with Crippen molar-refractivity contribution in [2.24, 2.45) is 0 Å². The number of anilines is 1. The number of carbonyl (C=O) groups is 1. The molecule has 1 N–H and O–H groups in total. The van der Waals surface area contributed by atoms with Gasteiger partial charge >= 0.3 is 5.91 Å². The smallest absolute Gasteiger partial charge is 0.301 e. The Labute approximate surface area is 99.7 Å². The summed E-state index contributed by atoms with van der Waals surface area (Å²) in [6.45, 7) is 0. The molecule has 1 aromatic rings. The van der Waals surface area contributed by atoms with Gasteiger partial charge in [0.25, 0.3) is 0 Å². The first-order valence-corrected chi connectivity index (χ1v) is 5.06. The Morgan fingerprint density at radius 2 is 1.93 bits per heavy atom. The van der Waals surface area contributed by atoms with Gasteiger partial charge in [0.15, 0.2) is 0 Å². The molecule has 2 nitrogen and oxygen atoms in total. The zero-order chi connectivity index (χ0) is 10.6. The summed E-state index contributed by atoms with van der Waals surface area (Å²) >= 11 is 14.4. The van der Waals surface area contributed by atoms with Crippen molar-refractivity contribution in [2.45, 2.75) is 0 Å². The van der Waals surface area contributed by atoms with Gasteiger partial charge in [-0.1, -0.05) is 29.3 Å². The average molecular weight is 293 g/mol. The number of hydrogen-bond acceptors (Lipinski definition) is 1. The Balaban J connectivity index is 2.95. The van der Waals surface area contributed by atoms with Crippen molar-refractivity contribution in [1.29, 1.82) is 0 Å². The molecule has 1 amide bonds. The largest absolute Gasteiger partial charge is 0.312 e. The minimum absolute atomic E-state index is 0.371. The molecule has 0 spiro atoms. The predicted molar refractivity (Wildman–Crippen MR) is 61.8 cm³/mol. The number of halogens is 3. The van der Waals surface area contributed by atoms with Crippen molar-refractivity contribution < 1.29 is 4.79 Å². The molecule has 0 bridgehead atoms. The molecule has 0 aliphatic heterocycles. The molecule has 0 fully saturated rings. The van der Waals surface area contributed by atoms with Crippen LogP contribution in [-0.4, -0.2) is 5.91 Å². The summed E-state index contributed by atoms with van der Waals surface area (Å²) in [6, 6.07) is 4.95. The maximum Gasteiger partial charge on any atom is 0.301 e. The zero-order valence-electron chi connectivity index (χ0n) is 6.77. The molecule has 0 aliphatic rings. The molecule has 5 heteroatoms. The number of amides is 1. The highest BCUT2D eigenvalue weighted by Crippen LogP contribution is 2.29. The number of benzene rings is 1. The van der Waals surface area contributed by atoms with Crippen molar-refractivity contribution in [3.63, 3.8) is 0 Å². The first-order chi connectivity index (χ1) is 6.65. The van der Waals surface area contributed by atoms with E-state index < -0.39 is 5.91 Å². The van der Waals surface area contributed by atoms with Gasteiger partial charge < -0.3 is 5.32 Å². The quantitative estimate of drug-likeness (QED) is 0.791. The Morgan fingerprint density at radius 1 is 1.36 bits per heavy atom. The van der Waals surface area contributed by atoms with E-state index in [1.807, 2.05) is 0 Å². The van der Waals surface area contributed by atoms with E-state index in [1.54, 1.807) is 18.2 Å². The first-order valence-electron chi connectivity index (χ1n) is 3.52. The molecule has 0 radical (unpaired) electrons. The van der Waals surface area contributed by atoms with E-state index in [0.717, 1.165) is 0 Å². The maximum atomic E-state index is 11.1. The van der Waals surface area contributed by atoms with Crippen LogP contribution in [0.25, 0.3) is 0 Å². The van der Waals surface area contributed by atoms with Crippen LogP contribution in [0.3, 0.4) is 0 Å². The average Bonchev–Trinajstić information content (AvgIpc) is 2.12. The Kier molecular flexibility index (Phi) is 4.27. The van der Waals surface area contributed by atoms with Crippen molar-refractivity contribution in [2.75, 3.05) is 5.32 Å². The van der Waals surface area contributed by atoms with E-state index in [0.29, 0.717) is 15.7 Å². The van der Waals surface area contributed by atoms with Gasteiger partial charge in [0.05, 0.1) is 15.7 Å². The van der Waals surface area contributed by atoms with Crippen LogP contribution in [0.15, 0.2) is 18.2 Å². The molecule has 0 heterocycles. The van der Waals surface area contributed by atoms with Crippen LogP contribution in [0.5, 0.6) is 0 Å². The van der Waals surface area contributed by atoms with Crippen LogP contribution >= 0.6 is 39.1 Å². The van der Waals surface area contributed by atoms with Crippen molar-refractivity contribution >= 4 is 50.7 Å². The number of rotatable bonds is 1. The van der Waals surface area contributed by atoms with Gasteiger partial charge in [-0.2, -0.15) is 0 Å². The van der Waals surface area contributed by atoms with Gasteiger partial charge in [0, 0.05) is 21.9 Å². The molecule has 0 saturated heterocycles. The van der Waals surface area contributed by atoms with Crippen LogP contribution in [0, 0.1) is 10.8 Å². The summed E-state index contributed by atoms with van der Waals surface area (Å²) in [4.78, 5) is 13.4. The highest BCUT2D eigenvalue weighted by molar-refractivity contribution is 9.12. The molecule has 14 heavy (non-hydrogen) atoms. The van der Waals surface area contributed by atoms with Gasteiger partial charge in [-0.15, -0.1) is 0 Å². The maximum absolute atomic E-state index is 11.1. The van der Waals surface area contributed by atoms with E-state index in [9.17, 15) is 4.79 Å². The third-order valence-electron chi connectivity index (χ3n) is 1.36. The fourth-order valence-electron chi connectivity index (χ4n) is 0.805. The van der Waals surface area contributed by atoms with Gasteiger partial charge in [-0.05, 0) is 17.0 Å². The van der Waals surface area contributed by atoms with Crippen molar-refractivity contribution in [3.05, 3.63) is 28.2 Å². The third kappa shape index (κ3) is 2.91. The molecule has 72 valence electrons. The van der Waals surface area contributed by atoms with Crippen LogP contribution in [0.1, 0.15) is 0 Å². The van der Waals surface area contributed by atoms with Crippen LogP contribution < -0.4 is 5.32 Å². The molecule has 1 aromatic carbocycles. The molecule has 0 atom stereocenters. The monoisotopic (exact) mass is 291 g/mol. The van der Waals surface area contributed by atoms with Gasteiger partial charge in [-0.25, -0.2) is 0 Å². The summed E-state index contributed by atoms with van der Waals surface area (Å²) < 4.78 is 0. The predicted octanol–water partition coefficient (Wildman–Crippen LogP) is 3.29. The van der Waals surface area contributed by atoms with E-state index in [2.05, 4.69) is 32.0 Å². The van der Waals surface area contributed by atoms with E-state index in [-0.39, 0.29) is 0 Å². The SMILES string of the molecule is O=C(C#CBr)Nc1c(Cl)cccc1Cl. The first kappa shape index (κ1) is 11.4. The number of carbonyl (C=O) groups excluding carboxylic acids is 1. The number of nitrogens with one attached hydrogen (secondary N) is 1. The fraction of sp³-hybridized carbons (Fsp3) is 0. The summed E-state index contributed by atoms with van der Waals surface area (Å²) in [5.74, 6) is 1.77. The van der Waals surface area contributed by atoms with Crippen molar-refractivity contribution in [1.82, 2.24) is 0 Å². The lowest BCUT2D eigenvalue weighted by Crippen LogP contribution is -2.09. The van der Waals surface area contributed by atoms with Crippen molar-refractivity contribution in [3.8, 4) is 10.8 Å². The molecule has 1 rings (SSSR count). The molecular weight excluding hydrogens is 289 g/mol. The summed E-state index contributed by atoms with van der Waals surface area (Å²) in [5.41, 5.74) is 0.371. The minimum atomic E-state index is -0.475. The third-order valence-corrected chi connectivity index (χ3v) is 2.19. The molecule has 0 unspecified atom stereocenters. The molecule has 0 aromatic heterocycles. The van der Waals surface area contributed by atoms with Crippen LogP contribution in [0.2, 0.25) is 10.0 Å². The Bertz CT molecular complexity index is 402. The molecule has 0 aliphatic carbocycles. The second kappa shape index (κ2) is 5.26. The highest BCUT2D eigenvalue weighted by Gasteiger charge is 2.06. The molecule has 0 saturated carbocycles. The van der Waals surface area contributed by atoms with Crippen LogP contribution in [-0.2, 0) is 4.79 Å². The second-order valence-corrected chi connectivity index (χ2v) is 3.48. The van der Waals surface area contributed by atoms with E-state index in [4.69, 9.17) is 23.2 Å². The zero-order valence-corrected chi connectivity index (χ0v) is 9.87. The fourth-order valence-corrected chi connectivity index (χ4v) is 1.48. The van der Waals surface area contributed by atoms with Gasteiger partial charge in [-0.3, -0.25) is 4.79 Å². The van der Waals surface area contributed by atoms with Gasteiger partial charge in [0.1, 0.15) is 0 Å². The lowest BCUT2D eigenvalue weighted by Gasteiger charge is -2.05. The standard InChI is InChI=1S/C9H4BrCl2NO/c10-5-4-8(14)13-9-6(11)2-1-3-7(9)12/h1-3H,(H,13,14). The number of para-hydroxylation sites is 1. The lowest BCUT2D eigenvalue weighted by atomic mass is 10.3. The summed E-state index contributed by atoms with van der Waals surface area (Å²) in [7, 11) is 0. The minimum Gasteiger partial charge on any atom is -0.312 e. The Morgan fingerprint density at radius 3 is 2.43 bits per heavy atom. The van der Waals surface area contributed by atoms with E-state index >= 15 is 0 Å². The summed E-state index contributed by atoms with van der Waals surface area (Å²) in [6.07, 6.45) is 0. The summed E-state index contributed by atoms with van der Waals surface area (Å²) in [5, 5.41) is 3.23. The number of hydrogen-bond donors (Lipinski definition) is 1. The lowest BCUT2D eigenvalue weighted by molar-refractivity contribution is -0.111. The highest BCUT2D eigenvalue weighted by atomic mass is 79.9. The molecular formula is C9H4BrCl2NO. The van der Waals surface area contributed by atoms with Gasteiger partial charge in [0.2, 0.25) is 0 Å². The normalized spacial score (nSPS) is 8.79. The second-order valence-electron chi connectivity index (χ2n) is 2.27. The van der Waals surface area contributed by atoms with Crippen LogP contribution in [0.4, 0.5) is 5.69 Å². The Hall–Kier alpha value is -0.690. The topological polar surface area (TPSA) is 29.1 Å².